The van der Waals surface area contributed by atoms with Crippen molar-refractivity contribution in [1.82, 2.24) is 9.88 Å². The number of hydrogen-bond donors (Lipinski definition) is 1. The number of rotatable bonds is 2. The van der Waals surface area contributed by atoms with Gasteiger partial charge in [-0.05, 0) is 24.6 Å². The number of hydrogen-bond acceptors (Lipinski definition) is 4. The van der Waals surface area contributed by atoms with Crippen molar-refractivity contribution in [3.05, 3.63) is 53.6 Å². The molecule has 0 radical (unpaired) electrons. The zero-order valence-electron chi connectivity index (χ0n) is 14.7. The van der Waals surface area contributed by atoms with Gasteiger partial charge in [0.05, 0.1) is 4.70 Å². The Balaban J connectivity index is 1.42. The van der Waals surface area contributed by atoms with Gasteiger partial charge in [-0.1, -0.05) is 29.5 Å². The van der Waals surface area contributed by atoms with Gasteiger partial charge in [-0.3, -0.25) is 0 Å². The second kappa shape index (κ2) is 7.11. The van der Waals surface area contributed by atoms with E-state index in [2.05, 4.69) is 10.3 Å². The third-order valence-corrected chi connectivity index (χ3v) is 5.69. The second-order valence-corrected chi connectivity index (χ2v) is 7.46. The molecule has 0 unspecified atom stereocenters. The molecule has 1 saturated heterocycles. The maximum atomic E-state index is 13.9. The van der Waals surface area contributed by atoms with E-state index in [1.54, 1.807) is 4.90 Å². The van der Waals surface area contributed by atoms with E-state index in [0.29, 0.717) is 36.0 Å². The molecule has 5 nitrogen and oxygen atoms in total. The molecule has 8 heteroatoms. The van der Waals surface area contributed by atoms with E-state index in [9.17, 15) is 13.6 Å². The highest BCUT2D eigenvalue weighted by Crippen LogP contribution is 2.31. The summed E-state index contributed by atoms with van der Waals surface area (Å²) in [6.07, 6.45) is 0. The number of halogens is 2. The summed E-state index contributed by atoms with van der Waals surface area (Å²) in [6.45, 7) is 4.19. The lowest BCUT2D eigenvalue weighted by molar-refractivity contribution is 0.208. The Kier molecular flexibility index (Phi) is 4.65. The third kappa shape index (κ3) is 3.57. The Morgan fingerprint density at radius 1 is 1.15 bits per heavy atom. The zero-order chi connectivity index (χ0) is 19.0. The van der Waals surface area contributed by atoms with Gasteiger partial charge in [-0.2, -0.15) is 0 Å². The van der Waals surface area contributed by atoms with Crippen LogP contribution in [-0.2, 0) is 0 Å². The number of carbonyl (C=O) groups excluding carboxylic acids is 1. The van der Waals surface area contributed by atoms with Gasteiger partial charge < -0.3 is 15.1 Å². The maximum absolute atomic E-state index is 13.9. The largest absolute Gasteiger partial charge is 0.345 e. The molecule has 2 heterocycles. The molecule has 0 atom stereocenters. The zero-order valence-corrected chi connectivity index (χ0v) is 15.5. The first kappa shape index (κ1) is 17.7. The summed E-state index contributed by atoms with van der Waals surface area (Å²) < 4.78 is 27.7. The standard InChI is InChI=1S/C19H18F2N4OS/c1-12-4-2-3-5-15(12)22-18(26)24-6-8-25(9-7-24)19-23-17-14(21)10-13(20)11-16(17)27-19/h2-5,10-11H,6-9H2,1H3,(H,22,26). The molecular weight excluding hydrogens is 370 g/mol. The summed E-state index contributed by atoms with van der Waals surface area (Å²) >= 11 is 1.26. The smallest absolute Gasteiger partial charge is 0.321 e. The highest BCUT2D eigenvalue weighted by atomic mass is 32.1. The molecular formula is C19H18F2N4OS. The Morgan fingerprint density at radius 3 is 2.63 bits per heavy atom. The van der Waals surface area contributed by atoms with Crippen LogP contribution in [0.25, 0.3) is 10.2 Å². The number of aryl methyl sites for hydroxylation is 1. The van der Waals surface area contributed by atoms with Crippen molar-refractivity contribution in [1.29, 1.82) is 0 Å². The van der Waals surface area contributed by atoms with Crippen molar-refractivity contribution in [3.8, 4) is 0 Å². The van der Waals surface area contributed by atoms with Crippen LogP contribution in [0.5, 0.6) is 0 Å². The number of urea groups is 1. The Labute approximate surface area is 159 Å². The first-order chi connectivity index (χ1) is 13.0. The Bertz CT molecular complexity index is 999. The summed E-state index contributed by atoms with van der Waals surface area (Å²) in [5.74, 6) is -1.25. The minimum absolute atomic E-state index is 0.138. The van der Waals surface area contributed by atoms with E-state index in [1.165, 1.54) is 17.4 Å². The van der Waals surface area contributed by atoms with Gasteiger partial charge in [-0.25, -0.2) is 18.6 Å². The first-order valence-electron chi connectivity index (χ1n) is 8.63. The highest BCUT2D eigenvalue weighted by molar-refractivity contribution is 7.22. The van der Waals surface area contributed by atoms with E-state index >= 15 is 0 Å². The molecule has 1 aliphatic rings. The Morgan fingerprint density at radius 2 is 1.89 bits per heavy atom. The molecule has 0 bridgehead atoms. The number of benzene rings is 2. The van der Waals surface area contributed by atoms with Gasteiger partial charge in [0.25, 0.3) is 0 Å². The summed E-state index contributed by atoms with van der Waals surface area (Å²) in [5.41, 5.74) is 2.00. The van der Waals surface area contributed by atoms with Gasteiger partial charge in [0, 0.05) is 37.9 Å². The summed E-state index contributed by atoms with van der Waals surface area (Å²) in [4.78, 5) is 20.5. The number of nitrogens with one attached hydrogen (secondary N) is 1. The summed E-state index contributed by atoms with van der Waals surface area (Å²) in [6, 6.07) is 9.64. The van der Waals surface area contributed by atoms with Crippen LogP contribution >= 0.6 is 11.3 Å². The van der Waals surface area contributed by atoms with Crippen LogP contribution in [0.15, 0.2) is 36.4 Å². The molecule has 4 rings (SSSR count). The average molecular weight is 388 g/mol. The number of para-hydroxylation sites is 1. The summed E-state index contributed by atoms with van der Waals surface area (Å²) in [7, 11) is 0. The van der Waals surface area contributed by atoms with E-state index in [-0.39, 0.29) is 11.5 Å². The second-order valence-electron chi connectivity index (χ2n) is 6.45. The van der Waals surface area contributed by atoms with Crippen molar-refractivity contribution in [2.45, 2.75) is 6.92 Å². The van der Waals surface area contributed by atoms with Crippen LogP contribution in [-0.4, -0.2) is 42.1 Å². The predicted octanol–water partition coefficient (Wildman–Crippen LogP) is 4.24. The number of thiazole rings is 1. The van der Waals surface area contributed by atoms with Crippen molar-refractivity contribution >= 4 is 38.4 Å². The van der Waals surface area contributed by atoms with Gasteiger partial charge in [0.1, 0.15) is 11.3 Å². The molecule has 140 valence electrons. The third-order valence-electron chi connectivity index (χ3n) is 4.63. The van der Waals surface area contributed by atoms with Gasteiger partial charge in [0.15, 0.2) is 10.9 Å². The minimum Gasteiger partial charge on any atom is -0.345 e. The van der Waals surface area contributed by atoms with E-state index in [0.717, 1.165) is 17.3 Å². The van der Waals surface area contributed by atoms with E-state index in [1.807, 2.05) is 36.1 Å². The molecule has 27 heavy (non-hydrogen) atoms. The summed E-state index contributed by atoms with van der Waals surface area (Å²) in [5, 5.41) is 3.58. The molecule has 2 amide bonds. The number of aromatic nitrogens is 1. The van der Waals surface area contributed by atoms with Crippen molar-refractivity contribution in [2.24, 2.45) is 0 Å². The molecule has 1 aliphatic heterocycles. The van der Waals surface area contributed by atoms with Gasteiger partial charge in [-0.15, -0.1) is 0 Å². The lowest BCUT2D eigenvalue weighted by atomic mass is 10.2. The molecule has 2 aromatic carbocycles. The minimum atomic E-state index is -0.649. The number of carbonyl (C=O) groups is 1. The van der Waals surface area contributed by atoms with Crippen molar-refractivity contribution < 1.29 is 13.6 Å². The molecule has 3 aromatic rings. The fraction of sp³-hybridized carbons (Fsp3) is 0.263. The van der Waals surface area contributed by atoms with Crippen LogP contribution < -0.4 is 10.2 Å². The van der Waals surface area contributed by atoms with Crippen LogP contribution in [0.3, 0.4) is 0 Å². The first-order valence-corrected chi connectivity index (χ1v) is 9.45. The molecule has 1 N–H and O–H groups in total. The Hall–Kier alpha value is -2.74. The molecule has 1 fully saturated rings. The number of piperazine rings is 1. The van der Waals surface area contributed by atoms with Gasteiger partial charge in [0.2, 0.25) is 0 Å². The fourth-order valence-corrected chi connectivity index (χ4v) is 4.15. The van der Waals surface area contributed by atoms with Crippen molar-refractivity contribution in [3.63, 3.8) is 0 Å². The van der Waals surface area contributed by atoms with Crippen LogP contribution in [0.4, 0.5) is 24.4 Å². The maximum Gasteiger partial charge on any atom is 0.321 e. The lowest BCUT2D eigenvalue weighted by Gasteiger charge is -2.34. The fourth-order valence-electron chi connectivity index (χ4n) is 3.09. The van der Waals surface area contributed by atoms with Crippen molar-refractivity contribution in [2.75, 3.05) is 36.4 Å². The monoisotopic (exact) mass is 388 g/mol. The van der Waals surface area contributed by atoms with Crippen LogP contribution in [0.2, 0.25) is 0 Å². The quantitative estimate of drug-likeness (QED) is 0.715. The molecule has 0 spiro atoms. The van der Waals surface area contributed by atoms with E-state index < -0.39 is 11.6 Å². The molecule has 0 saturated carbocycles. The topological polar surface area (TPSA) is 48.5 Å². The number of fused-ring (bicyclic) bond motifs is 1. The normalized spacial score (nSPS) is 14.6. The molecule has 0 aliphatic carbocycles. The van der Waals surface area contributed by atoms with Crippen LogP contribution in [0.1, 0.15) is 5.56 Å². The van der Waals surface area contributed by atoms with Gasteiger partial charge >= 0.3 is 6.03 Å². The average Bonchev–Trinajstić information content (AvgIpc) is 3.08. The van der Waals surface area contributed by atoms with Crippen LogP contribution in [0, 0.1) is 18.6 Å². The number of nitrogens with zero attached hydrogens (tertiary/aromatic N) is 3. The SMILES string of the molecule is Cc1ccccc1NC(=O)N1CCN(c2nc3c(F)cc(F)cc3s2)CC1. The molecule has 1 aromatic heterocycles. The lowest BCUT2D eigenvalue weighted by Crippen LogP contribution is -2.50. The number of amides is 2. The predicted molar refractivity (Wildman–Crippen MR) is 104 cm³/mol. The highest BCUT2D eigenvalue weighted by Gasteiger charge is 2.24. The van der Waals surface area contributed by atoms with E-state index in [4.69, 9.17) is 0 Å². The number of anilines is 2.